The van der Waals surface area contributed by atoms with Crippen molar-refractivity contribution < 1.29 is 24.2 Å². The van der Waals surface area contributed by atoms with Crippen LogP contribution in [0.3, 0.4) is 0 Å². The van der Waals surface area contributed by atoms with E-state index >= 15 is 0 Å². The van der Waals surface area contributed by atoms with E-state index in [9.17, 15) is 24.2 Å². The Balaban J connectivity index is 2.36. The number of hydrogen-bond donors (Lipinski definition) is 2. The van der Waals surface area contributed by atoms with Crippen LogP contribution in [0, 0.1) is 18.7 Å². The van der Waals surface area contributed by atoms with Gasteiger partial charge in [0, 0.05) is 27.2 Å². The van der Waals surface area contributed by atoms with E-state index < -0.39 is 29.4 Å². The zero-order chi connectivity index (χ0) is 20.7. The number of carboxylic acids is 1. The van der Waals surface area contributed by atoms with E-state index in [1.165, 1.54) is 10.6 Å². The van der Waals surface area contributed by atoms with Crippen molar-refractivity contribution in [1.29, 1.82) is 0 Å². The van der Waals surface area contributed by atoms with Gasteiger partial charge in [-0.2, -0.15) is 0 Å². The molecular formula is C21H19BrFNO4. The molecule has 3 rings (SSSR count). The lowest BCUT2D eigenvalue weighted by atomic mass is 9.86. The summed E-state index contributed by atoms with van der Waals surface area (Å²) in [5, 5.41) is 20.0. The van der Waals surface area contributed by atoms with Gasteiger partial charge in [-0.3, -0.25) is 14.2 Å². The summed E-state index contributed by atoms with van der Waals surface area (Å²) in [6.07, 6.45) is 0. The van der Waals surface area contributed by atoms with Crippen LogP contribution < -0.4 is 0 Å². The van der Waals surface area contributed by atoms with Gasteiger partial charge in [0.2, 0.25) is 0 Å². The largest absolute Gasteiger partial charge is 0.505 e. The highest BCUT2D eigenvalue weighted by atomic mass is 79.9. The lowest BCUT2D eigenvalue weighted by molar-refractivity contribution is -0.139. The third kappa shape index (κ3) is 3.30. The summed E-state index contributed by atoms with van der Waals surface area (Å²) in [4.78, 5) is 25.1. The lowest BCUT2D eigenvalue weighted by Crippen LogP contribution is -2.19. The highest BCUT2D eigenvalue weighted by molar-refractivity contribution is 9.10. The summed E-state index contributed by atoms with van der Waals surface area (Å²) >= 11 is 3.32. The first-order chi connectivity index (χ1) is 13.1. The molecule has 0 saturated carbocycles. The zero-order valence-corrected chi connectivity index (χ0v) is 17.1. The van der Waals surface area contributed by atoms with Gasteiger partial charge in [0.1, 0.15) is 0 Å². The smallest absolute Gasteiger partial charge is 0.311 e. The van der Waals surface area contributed by atoms with Gasteiger partial charge in [0.05, 0.1) is 11.4 Å². The van der Waals surface area contributed by atoms with E-state index in [2.05, 4.69) is 15.9 Å². The van der Waals surface area contributed by atoms with Crippen molar-refractivity contribution in [2.75, 3.05) is 0 Å². The molecule has 0 spiro atoms. The van der Waals surface area contributed by atoms with E-state index in [1.54, 1.807) is 45.0 Å². The maximum absolute atomic E-state index is 14.1. The maximum atomic E-state index is 14.1. The number of aromatic nitrogens is 1. The number of carbonyl (C=O) groups excluding carboxylic acids is 1. The average molecular weight is 448 g/mol. The summed E-state index contributed by atoms with van der Waals surface area (Å²) in [6.45, 7) is 5.17. The average Bonchev–Trinajstić information content (AvgIpc) is 2.87. The highest BCUT2D eigenvalue weighted by Gasteiger charge is 2.32. The molecule has 2 aromatic carbocycles. The zero-order valence-electron chi connectivity index (χ0n) is 15.5. The molecule has 7 heteroatoms. The number of halogens is 2. The fourth-order valence-electron chi connectivity index (χ4n) is 3.57. The minimum atomic E-state index is -1.04. The first-order valence-electron chi connectivity index (χ1n) is 8.70. The van der Waals surface area contributed by atoms with Gasteiger partial charge in [-0.1, -0.05) is 29.8 Å². The molecule has 2 N–H and O–H groups in total. The number of fused-ring (bicyclic) bond motifs is 1. The Bertz CT molecular complexity index is 1090. The molecule has 0 saturated heterocycles. The Morgan fingerprint density at radius 1 is 1.14 bits per heavy atom. The summed E-state index contributed by atoms with van der Waals surface area (Å²) in [7, 11) is 0. The van der Waals surface area contributed by atoms with Gasteiger partial charge >= 0.3 is 5.97 Å². The van der Waals surface area contributed by atoms with Crippen LogP contribution in [-0.4, -0.2) is 26.7 Å². The number of benzene rings is 2. The van der Waals surface area contributed by atoms with Gasteiger partial charge in [-0.25, -0.2) is 4.39 Å². The van der Waals surface area contributed by atoms with Crippen LogP contribution in [0.2, 0.25) is 0 Å². The Kier molecular flexibility index (Phi) is 5.30. The van der Waals surface area contributed by atoms with Gasteiger partial charge in [-0.05, 0) is 48.7 Å². The first-order valence-corrected chi connectivity index (χ1v) is 9.49. The van der Waals surface area contributed by atoms with Gasteiger partial charge in [-0.15, -0.1) is 0 Å². The molecule has 0 amide bonds. The Labute approximate surface area is 169 Å². The van der Waals surface area contributed by atoms with E-state index in [1.807, 2.05) is 0 Å². The van der Waals surface area contributed by atoms with Crippen LogP contribution in [0.15, 0.2) is 40.9 Å². The van der Waals surface area contributed by atoms with E-state index in [4.69, 9.17) is 0 Å². The van der Waals surface area contributed by atoms with Crippen molar-refractivity contribution in [3.63, 3.8) is 0 Å². The third-order valence-electron chi connectivity index (χ3n) is 4.86. The number of nitrogens with zero attached hydrogens (tertiary/aromatic N) is 1. The third-order valence-corrected chi connectivity index (χ3v) is 5.39. The molecule has 0 bridgehead atoms. The summed E-state index contributed by atoms with van der Waals surface area (Å²) in [6, 6.07) is 8.95. The number of hydrogen-bond acceptors (Lipinski definition) is 3. The van der Waals surface area contributed by atoms with Gasteiger partial charge in [0.15, 0.2) is 11.6 Å². The SMILES string of the molecule is Cc1c(C(C(=O)O)C(C)C)c2cc(O)c(F)cc2n1C(=O)c1ccc(Br)cc1. The molecule has 5 nitrogen and oxygen atoms in total. The Morgan fingerprint density at radius 3 is 2.29 bits per heavy atom. The minimum Gasteiger partial charge on any atom is -0.505 e. The Morgan fingerprint density at radius 2 is 1.75 bits per heavy atom. The van der Waals surface area contributed by atoms with E-state index in [0.717, 1.165) is 10.5 Å². The maximum Gasteiger partial charge on any atom is 0.311 e. The van der Waals surface area contributed by atoms with Crippen LogP contribution in [0.1, 0.15) is 41.4 Å². The number of phenols is 1. The molecule has 0 radical (unpaired) electrons. The predicted octanol–water partition coefficient (Wildman–Crippen LogP) is 5.07. The highest BCUT2D eigenvalue weighted by Crippen LogP contribution is 2.38. The van der Waals surface area contributed by atoms with Crippen LogP contribution >= 0.6 is 15.9 Å². The molecular weight excluding hydrogens is 429 g/mol. The van der Waals surface area contributed by atoms with Gasteiger partial charge in [0.25, 0.3) is 5.91 Å². The van der Waals surface area contributed by atoms with Crippen molar-refractivity contribution in [2.45, 2.75) is 26.7 Å². The van der Waals surface area contributed by atoms with Crippen molar-refractivity contribution in [3.8, 4) is 5.75 Å². The molecule has 0 aliphatic carbocycles. The number of phenolic OH excluding ortho intramolecular Hbond substituents is 1. The molecule has 0 aliphatic rings. The number of aromatic hydroxyl groups is 1. The molecule has 28 heavy (non-hydrogen) atoms. The Hall–Kier alpha value is -2.67. The standard InChI is InChI=1S/C21H19BrFNO4/c1-10(2)18(21(27)28)19-11(3)24(16-9-15(23)17(25)8-14(16)19)20(26)12-4-6-13(22)7-5-12/h4-10,18,25H,1-3H3,(H,27,28). The molecule has 0 fully saturated rings. The molecule has 3 aromatic rings. The molecule has 1 unspecified atom stereocenters. The van der Waals surface area contributed by atoms with Gasteiger partial charge < -0.3 is 10.2 Å². The van der Waals surface area contributed by atoms with Crippen molar-refractivity contribution in [2.24, 2.45) is 5.92 Å². The molecule has 1 heterocycles. The lowest BCUT2D eigenvalue weighted by Gasteiger charge is -2.17. The topological polar surface area (TPSA) is 79.5 Å². The van der Waals surface area contributed by atoms with E-state index in [-0.39, 0.29) is 11.4 Å². The normalized spacial score (nSPS) is 12.5. The number of carboxylic acid groups (broad SMARTS) is 1. The molecule has 146 valence electrons. The number of aliphatic carboxylic acids is 1. The van der Waals surface area contributed by atoms with Crippen LogP contribution in [0.5, 0.6) is 5.75 Å². The summed E-state index contributed by atoms with van der Waals surface area (Å²) < 4.78 is 16.2. The fourth-order valence-corrected chi connectivity index (χ4v) is 3.83. The quantitative estimate of drug-likeness (QED) is 0.584. The number of carbonyl (C=O) groups is 2. The molecule has 1 atom stereocenters. The second-order valence-corrected chi connectivity index (χ2v) is 7.94. The van der Waals surface area contributed by atoms with Crippen molar-refractivity contribution >= 4 is 38.7 Å². The summed E-state index contributed by atoms with van der Waals surface area (Å²) in [5.74, 6) is -4.10. The monoisotopic (exact) mass is 447 g/mol. The van der Waals surface area contributed by atoms with Crippen molar-refractivity contribution in [1.82, 2.24) is 4.57 Å². The van der Waals surface area contributed by atoms with Crippen LogP contribution in [0.25, 0.3) is 10.9 Å². The molecule has 1 aromatic heterocycles. The van der Waals surface area contributed by atoms with Crippen molar-refractivity contribution in [3.05, 3.63) is 63.5 Å². The van der Waals surface area contributed by atoms with E-state index in [0.29, 0.717) is 22.2 Å². The minimum absolute atomic E-state index is 0.225. The van der Waals surface area contributed by atoms with Crippen LogP contribution in [-0.2, 0) is 4.79 Å². The summed E-state index contributed by atoms with van der Waals surface area (Å²) in [5.41, 5.74) is 1.41. The predicted molar refractivity (Wildman–Crippen MR) is 107 cm³/mol. The first kappa shape index (κ1) is 20.1. The number of rotatable bonds is 4. The second kappa shape index (κ2) is 7.39. The molecule has 0 aliphatic heterocycles. The fraction of sp³-hybridized carbons (Fsp3) is 0.238. The van der Waals surface area contributed by atoms with Crippen LogP contribution in [0.4, 0.5) is 4.39 Å². The second-order valence-electron chi connectivity index (χ2n) is 7.03.